The Kier molecular flexibility index (Phi) is 6.79. The van der Waals surface area contributed by atoms with E-state index in [2.05, 4.69) is 20.2 Å². The van der Waals surface area contributed by atoms with Crippen LogP contribution in [0.4, 0.5) is 23.4 Å². The summed E-state index contributed by atoms with van der Waals surface area (Å²) >= 11 is 0. The number of halogens is 4. The number of rotatable bonds is 6. The number of carbonyl (C=O) groups is 1. The van der Waals surface area contributed by atoms with Crippen molar-refractivity contribution in [2.75, 3.05) is 31.1 Å². The van der Waals surface area contributed by atoms with Gasteiger partial charge in [0.05, 0.1) is 11.1 Å². The lowest BCUT2D eigenvalue weighted by Gasteiger charge is -2.36. The van der Waals surface area contributed by atoms with E-state index in [-0.39, 0.29) is 70.0 Å². The second-order valence-electron chi connectivity index (χ2n) is 13.0. The van der Waals surface area contributed by atoms with Crippen LogP contribution in [-0.2, 0) is 11.2 Å². The summed E-state index contributed by atoms with van der Waals surface area (Å²) in [6.07, 6.45) is 2.48. The topological polar surface area (TPSA) is 90.8 Å². The molecule has 0 spiro atoms. The van der Waals surface area contributed by atoms with E-state index in [9.17, 15) is 18.7 Å². The standard InChI is InChI=1S/C34H33F4N5O3/c1-2-21-24(36)6-4-17-10-20(44)11-22(27(17)21)28-25(37)12-23-30(29(28)38)40-33(46-16-34-8-3-9-42(34)15-18(35)13-34)41-31(23)43-19-5-7-26(43)32(45)39-14-19/h4,6,10-12,18-19,26,44H,2-3,5,7-9,13-16H2,1H3,(H,39,45)/t18-,19?,26?,34?/m1/s1. The predicted molar refractivity (Wildman–Crippen MR) is 164 cm³/mol. The summed E-state index contributed by atoms with van der Waals surface area (Å²) in [6.45, 7) is 3.28. The number of ether oxygens (including phenoxy) is 1. The van der Waals surface area contributed by atoms with Crippen LogP contribution in [0.1, 0.15) is 44.6 Å². The van der Waals surface area contributed by atoms with Gasteiger partial charge in [-0.25, -0.2) is 17.6 Å². The van der Waals surface area contributed by atoms with Crippen molar-refractivity contribution >= 4 is 33.4 Å². The minimum Gasteiger partial charge on any atom is -0.508 e. The molecule has 0 saturated carbocycles. The predicted octanol–water partition coefficient (Wildman–Crippen LogP) is 5.56. The molecular formula is C34H33F4N5O3. The van der Waals surface area contributed by atoms with Crippen molar-refractivity contribution in [2.45, 2.75) is 69.2 Å². The van der Waals surface area contributed by atoms with Gasteiger partial charge in [0.1, 0.15) is 47.5 Å². The van der Waals surface area contributed by atoms with Crippen molar-refractivity contribution in [1.29, 1.82) is 0 Å². The van der Waals surface area contributed by atoms with Crippen LogP contribution >= 0.6 is 0 Å². The molecule has 1 amide bonds. The maximum atomic E-state index is 16.9. The number of phenolic OH excluding ortho intramolecular Hbond substituents is 1. The number of aromatic nitrogens is 2. The Balaban J connectivity index is 1.33. The average molecular weight is 636 g/mol. The molecule has 2 N–H and O–H groups in total. The number of aromatic hydroxyl groups is 1. The van der Waals surface area contributed by atoms with Gasteiger partial charge in [-0.05, 0) is 84.8 Å². The molecule has 4 atom stereocenters. The minimum atomic E-state index is -1.03. The summed E-state index contributed by atoms with van der Waals surface area (Å²) < 4.78 is 68.8. The largest absolute Gasteiger partial charge is 0.508 e. The summed E-state index contributed by atoms with van der Waals surface area (Å²) in [7, 11) is 0. The summed E-state index contributed by atoms with van der Waals surface area (Å²) in [4.78, 5) is 25.8. The van der Waals surface area contributed by atoms with Gasteiger partial charge in [-0.3, -0.25) is 9.69 Å². The molecule has 3 unspecified atom stereocenters. The molecule has 8 rings (SSSR count). The number of alkyl halides is 1. The number of benzene rings is 3. The van der Waals surface area contributed by atoms with Gasteiger partial charge in [0.25, 0.3) is 0 Å². The molecule has 8 nitrogen and oxygen atoms in total. The van der Waals surface area contributed by atoms with E-state index in [0.717, 1.165) is 25.5 Å². The smallest absolute Gasteiger partial charge is 0.319 e. The maximum Gasteiger partial charge on any atom is 0.319 e. The number of carbonyl (C=O) groups excluding carboxylic acids is 1. The van der Waals surface area contributed by atoms with Gasteiger partial charge in [0.2, 0.25) is 5.91 Å². The number of amides is 1. The lowest BCUT2D eigenvalue weighted by molar-refractivity contribution is -0.122. The van der Waals surface area contributed by atoms with E-state index in [0.29, 0.717) is 37.7 Å². The highest BCUT2D eigenvalue weighted by molar-refractivity contribution is 6.03. The molecule has 1 aromatic heterocycles. The summed E-state index contributed by atoms with van der Waals surface area (Å²) in [5, 5.41) is 14.2. The van der Waals surface area contributed by atoms with Crippen LogP contribution < -0.4 is 15.0 Å². The van der Waals surface area contributed by atoms with E-state index in [1.54, 1.807) is 11.8 Å². The highest BCUT2D eigenvalue weighted by Gasteiger charge is 2.50. The second-order valence-corrected chi connectivity index (χ2v) is 13.0. The highest BCUT2D eigenvalue weighted by atomic mass is 19.1. The first kappa shape index (κ1) is 29.2. The van der Waals surface area contributed by atoms with Gasteiger partial charge < -0.3 is 20.1 Å². The Labute approximate surface area is 262 Å². The first-order chi connectivity index (χ1) is 22.2. The number of fused-ring (bicyclic) bond motifs is 5. The van der Waals surface area contributed by atoms with Crippen molar-refractivity contribution in [1.82, 2.24) is 20.2 Å². The third-order valence-corrected chi connectivity index (χ3v) is 10.4. The molecule has 2 bridgehead atoms. The van der Waals surface area contributed by atoms with Crippen LogP contribution in [0, 0.1) is 17.5 Å². The Morgan fingerprint density at radius 3 is 2.80 bits per heavy atom. The first-order valence-corrected chi connectivity index (χ1v) is 15.9. The number of phenols is 1. The first-order valence-electron chi connectivity index (χ1n) is 15.9. The zero-order valence-electron chi connectivity index (χ0n) is 25.3. The molecule has 4 aliphatic rings. The van der Waals surface area contributed by atoms with Gasteiger partial charge in [0.15, 0.2) is 5.82 Å². The Morgan fingerprint density at radius 2 is 1.98 bits per heavy atom. The fourth-order valence-corrected chi connectivity index (χ4v) is 8.36. The molecule has 4 aromatic rings. The second kappa shape index (κ2) is 10.7. The molecule has 46 heavy (non-hydrogen) atoms. The molecule has 3 aromatic carbocycles. The molecule has 4 fully saturated rings. The minimum absolute atomic E-state index is 0.0104. The van der Waals surface area contributed by atoms with Gasteiger partial charge in [-0.2, -0.15) is 9.97 Å². The van der Waals surface area contributed by atoms with Crippen LogP contribution in [0.2, 0.25) is 0 Å². The number of nitrogens with zero attached hydrogens (tertiary/aromatic N) is 4. The summed E-state index contributed by atoms with van der Waals surface area (Å²) in [5.74, 6) is -2.74. The summed E-state index contributed by atoms with van der Waals surface area (Å²) in [6, 6.07) is 5.64. The van der Waals surface area contributed by atoms with E-state index < -0.39 is 40.8 Å². The van der Waals surface area contributed by atoms with Crippen molar-refractivity contribution in [3.05, 3.63) is 53.3 Å². The van der Waals surface area contributed by atoms with E-state index in [1.165, 1.54) is 24.3 Å². The normalized spacial score (nSPS) is 25.9. The van der Waals surface area contributed by atoms with E-state index >= 15 is 8.78 Å². The number of aryl methyl sites for hydroxylation is 1. The number of nitrogens with one attached hydrogen (secondary N) is 1. The van der Waals surface area contributed by atoms with Crippen LogP contribution in [-0.4, -0.2) is 75.9 Å². The third kappa shape index (κ3) is 4.39. The van der Waals surface area contributed by atoms with Crippen molar-refractivity contribution in [2.24, 2.45) is 0 Å². The molecule has 240 valence electrons. The third-order valence-electron chi connectivity index (χ3n) is 10.4. The van der Waals surface area contributed by atoms with Gasteiger partial charge in [-0.1, -0.05) is 13.0 Å². The Morgan fingerprint density at radius 1 is 1.13 bits per heavy atom. The molecule has 5 heterocycles. The zero-order chi connectivity index (χ0) is 31.9. The van der Waals surface area contributed by atoms with Gasteiger partial charge in [0, 0.05) is 30.9 Å². The van der Waals surface area contributed by atoms with E-state index in [1.807, 2.05) is 0 Å². The number of anilines is 1. The van der Waals surface area contributed by atoms with Crippen LogP contribution in [0.5, 0.6) is 11.8 Å². The number of hydrogen-bond acceptors (Lipinski definition) is 7. The molecule has 12 heteroatoms. The van der Waals surface area contributed by atoms with Crippen molar-refractivity contribution < 1.29 is 32.2 Å². The lowest BCUT2D eigenvalue weighted by atomic mass is 9.91. The Hall–Kier alpha value is -4.19. The van der Waals surface area contributed by atoms with Crippen molar-refractivity contribution in [3.63, 3.8) is 0 Å². The van der Waals surface area contributed by atoms with Crippen LogP contribution in [0.3, 0.4) is 0 Å². The van der Waals surface area contributed by atoms with Gasteiger partial charge >= 0.3 is 6.01 Å². The van der Waals surface area contributed by atoms with E-state index in [4.69, 9.17) is 4.74 Å². The average Bonchev–Trinajstić information content (AvgIpc) is 3.67. The molecule has 0 aliphatic carbocycles. The Bertz CT molecular complexity index is 1920. The van der Waals surface area contributed by atoms with Crippen LogP contribution in [0.15, 0.2) is 30.3 Å². The SMILES string of the molecule is CCc1c(F)ccc2cc(O)cc(-c3c(F)cc4c(N5C6CCC5C(=O)NC6)nc(OCC56CCCN5C[C@H](F)C6)nc4c3F)c12. The molecule has 4 aliphatic heterocycles. The van der Waals surface area contributed by atoms with Crippen molar-refractivity contribution in [3.8, 4) is 22.9 Å². The molecule has 0 radical (unpaired) electrons. The number of piperazine rings is 1. The molecular weight excluding hydrogens is 602 g/mol. The lowest BCUT2D eigenvalue weighted by Crippen LogP contribution is -2.56. The maximum absolute atomic E-state index is 16.9. The summed E-state index contributed by atoms with van der Waals surface area (Å²) in [5.41, 5.74) is -0.972. The molecule has 4 saturated heterocycles. The zero-order valence-corrected chi connectivity index (χ0v) is 25.3. The van der Waals surface area contributed by atoms with Crippen LogP contribution in [0.25, 0.3) is 32.8 Å². The fourth-order valence-electron chi connectivity index (χ4n) is 8.36. The monoisotopic (exact) mass is 635 g/mol. The van der Waals surface area contributed by atoms with Gasteiger partial charge in [-0.15, -0.1) is 0 Å². The quantitative estimate of drug-likeness (QED) is 0.268. The number of hydrogen-bond donors (Lipinski definition) is 2. The highest BCUT2D eigenvalue weighted by Crippen LogP contribution is 2.44. The fraction of sp³-hybridized carbons (Fsp3) is 0.441.